The Labute approximate surface area is 171 Å². The predicted octanol–water partition coefficient (Wildman–Crippen LogP) is 3.70. The van der Waals surface area contributed by atoms with E-state index in [1.54, 1.807) is 13.0 Å². The number of nitrogens with zero attached hydrogens (tertiary/aromatic N) is 3. The van der Waals surface area contributed by atoms with E-state index in [2.05, 4.69) is 20.6 Å². The average molecular weight is 400 g/mol. The molecule has 6 nitrogen and oxygen atoms in total. The molecule has 0 radical (unpaired) electrons. The van der Waals surface area contributed by atoms with Crippen LogP contribution in [0.3, 0.4) is 0 Å². The number of aryl methyl sites for hydroxylation is 2. The second kappa shape index (κ2) is 9.20. The number of benzene rings is 1. The van der Waals surface area contributed by atoms with Gasteiger partial charge in [-0.05, 0) is 69.2 Å². The van der Waals surface area contributed by atoms with E-state index in [0.29, 0.717) is 29.6 Å². The molecule has 0 bridgehead atoms. The lowest BCUT2D eigenvalue weighted by Crippen LogP contribution is -2.34. The van der Waals surface area contributed by atoms with Crippen molar-refractivity contribution in [3.05, 3.63) is 47.0 Å². The Balaban J connectivity index is 1.47. The zero-order valence-electron chi connectivity index (χ0n) is 17.6. The van der Waals surface area contributed by atoms with E-state index in [-0.39, 0.29) is 11.7 Å². The fraction of sp³-hybridized carbons (Fsp3) is 0.500. The van der Waals surface area contributed by atoms with Gasteiger partial charge in [-0.25, -0.2) is 14.4 Å². The van der Waals surface area contributed by atoms with E-state index >= 15 is 0 Å². The summed E-state index contributed by atoms with van der Waals surface area (Å²) >= 11 is 0. The second-order valence-corrected chi connectivity index (χ2v) is 8.09. The third kappa shape index (κ3) is 5.65. The maximum Gasteiger partial charge on any atom is 0.251 e. The normalized spacial score (nSPS) is 18.9. The van der Waals surface area contributed by atoms with E-state index in [0.717, 1.165) is 43.1 Å². The van der Waals surface area contributed by atoms with Crippen molar-refractivity contribution in [2.75, 3.05) is 30.9 Å². The third-order valence-corrected chi connectivity index (χ3v) is 5.45. The first-order chi connectivity index (χ1) is 13.8. The molecule has 0 spiro atoms. The average Bonchev–Trinajstić information content (AvgIpc) is 2.69. The van der Waals surface area contributed by atoms with Crippen molar-refractivity contribution in [3.8, 4) is 0 Å². The van der Waals surface area contributed by atoms with E-state index in [4.69, 9.17) is 0 Å². The van der Waals surface area contributed by atoms with Gasteiger partial charge in [-0.15, -0.1) is 0 Å². The maximum absolute atomic E-state index is 13.4. The molecule has 1 aromatic heterocycles. The highest BCUT2D eigenvalue weighted by atomic mass is 19.1. The first kappa shape index (κ1) is 21.0. The van der Waals surface area contributed by atoms with Crippen molar-refractivity contribution in [1.29, 1.82) is 0 Å². The highest BCUT2D eigenvalue weighted by molar-refractivity contribution is 5.94. The van der Waals surface area contributed by atoms with Gasteiger partial charge in [0.05, 0.1) is 0 Å². The smallest absolute Gasteiger partial charge is 0.251 e. The molecular formula is C22H30FN5O. The van der Waals surface area contributed by atoms with Gasteiger partial charge in [0.2, 0.25) is 0 Å². The van der Waals surface area contributed by atoms with Gasteiger partial charge in [-0.1, -0.05) is 0 Å². The monoisotopic (exact) mass is 399 g/mol. The molecule has 1 amide bonds. The summed E-state index contributed by atoms with van der Waals surface area (Å²) in [6.45, 7) is 4.22. The van der Waals surface area contributed by atoms with E-state index in [1.165, 1.54) is 12.1 Å². The molecule has 156 valence electrons. The van der Waals surface area contributed by atoms with Gasteiger partial charge < -0.3 is 15.5 Å². The molecule has 0 aliphatic heterocycles. The summed E-state index contributed by atoms with van der Waals surface area (Å²) in [5, 5.41) is 6.54. The van der Waals surface area contributed by atoms with Crippen molar-refractivity contribution in [2.45, 2.75) is 45.6 Å². The lowest BCUT2D eigenvalue weighted by atomic mass is 9.86. The Morgan fingerprint density at radius 2 is 1.86 bits per heavy atom. The molecule has 1 aliphatic rings. The fourth-order valence-electron chi connectivity index (χ4n) is 3.70. The lowest BCUT2D eigenvalue weighted by molar-refractivity contribution is 0.0943. The van der Waals surface area contributed by atoms with Crippen molar-refractivity contribution < 1.29 is 9.18 Å². The molecule has 0 saturated heterocycles. The van der Waals surface area contributed by atoms with Gasteiger partial charge in [0, 0.05) is 38.3 Å². The number of hydrogen-bond acceptors (Lipinski definition) is 5. The standard InChI is InChI=1S/C22H30FN5O/c1-14-11-17(7-10-19(14)23)22(29)24-13-16-5-8-18(9-6-16)27-20-12-21(28(3)4)26-15(2)25-20/h7,10-12,16,18H,5-6,8-9,13H2,1-4H3,(H,24,29)(H,25,26,27)/t16-,18+. The predicted molar refractivity (Wildman–Crippen MR) is 114 cm³/mol. The molecule has 1 fully saturated rings. The quantitative estimate of drug-likeness (QED) is 0.775. The van der Waals surface area contributed by atoms with Gasteiger partial charge in [0.1, 0.15) is 23.3 Å². The number of amides is 1. The van der Waals surface area contributed by atoms with Crippen LogP contribution < -0.4 is 15.5 Å². The zero-order valence-corrected chi connectivity index (χ0v) is 17.6. The Morgan fingerprint density at radius 1 is 1.14 bits per heavy atom. The van der Waals surface area contributed by atoms with Crippen LogP contribution in [0.15, 0.2) is 24.3 Å². The van der Waals surface area contributed by atoms with Crippen molar-refractivity contribution in [2.24, 2.45) is 5.92 Å². The van der Waals surface area contributed by atoms with Crippen LogP contribution in [0.2, 0.25) is 0 Å². The molecule has 2 aromatic rings. The number of anilines is 2. The zero-order chi connectivity index (χ0) is 21.0. The Morgan fingerprint density at radius 3 is 2.52 bits per heavy atom. The molecule has 3 rings (SSSR count). The van der Waals surface area contributed by atoms with Crippen LogP contribution in [0.5, 0.6) is 0 Å². The van der Waals surface area contributed by atoms with Crippen LogP contribution in [0, 0.1) is 25.6 Å². The molecule has 0 unspecified atom stereocenters. The summed E-state index contributed by atoms with van der Waals surface area (Å²) in [7, 11) is 3.94. The first-order valence-electron chi connectivity index (χ1n) is 10.2. The maximum atomic E-state index is 13.4. The molecule has 7 heteroatoms. The van der Waals surface area contributed by atoms with Gasteiger partial charge in [-0.2, -0.15) is 0 Å². The molecule has 0 atom stereocenters. The van der Waals surface area contributed by atoms with Crippen LogP contribution in [0.4, 0.5) is 16.0 Å². The molecular weight excluding hydrogens is 369 g/mol. The molecule has 1 aromatic carbocycles. The summed E-state index contributed by atoms with van der Waals surface area (Å²) in [4.78, 5) is 23.2. The van der Waals surface area contributed by atoms with E-state index in [9.17, 15) is 9.18 Å². The van der Waals surface area contributed by atoms with Gasteiger partial charge >= 0.3 is 0 Å². The summed E-state index contributed by atoms with van der Waals surface area (Å²) < 4.78 is 13.4. The first-order valence-corrected chi connectivity index (χ1v) is 10.2. The summed E-state index contributed by atoms with van der Waals surface area (Å²) in [6, 6.07) is 6.83. The molecule has 29 heavy (non-hydrogen) atoms. The summed E-state index contributed by atoms with van der Waals surface area (Å²) in [5.74, 6) is 2.55. The number of carbonyl (C=O) groups is 1. The SMILES string of the molecule is Cc1nc(N[C@H]2CC[C@@H](CNC(=O)c3ccc(F)c(C)c3)CC2)cc(N(C)C)n1. The van der Waals surface area contributed by atoms with Gasteiger partial charge in [-0.3, -0.25) is 4.79 Å². The number of hydrogen-bond donors (Lipinski definition) is 2. The molecule has 2 N–H and O–H groups in total. The van der Waals surface area contributed by atoms with Gasteiger partial charge in [0.25, 0.3) is 5.91 Å². The number of aromatic nitrogens is 2. The second-order valence-electron chi connectivity index (χ2n) is 8.09. The van der Waals surface area contributed by atoms with Crippen LogP contribution in [0.1, 0.15) is 47.4 Å². The number of carbonyl (C=O) groups excluding carboxylic acids is 1. The van der Waals surface area contributed by atoms with Crippen molar-refractivity contribution in [3.63, 3.8) is 0 Å². The molecule has 1 saturated carbocycles. The minimum atomic E-state index is -0.288. The highest BCUT2D eigenvalue weighted by Crippen LogP contribution is 2.26. The van der Waals surface area contributed by atoms with Crippen molar-refractivity contribution in [1.82, 2.24) is 15.3 Å². The van der Waals surface area contributed by atoms with E-state index < -0.39 is 0 Å². The third-order valence-electron chi connectivity index (χ3n) is 5.45. The summed E-state index contributed by atoms with van der Waals surface area (Å²) in [6.07, 6.45) is 4.17. The minimum Gasteiger partial charge on any atom is -0.367 e. The highest BCUT2D eigenvalue weighted by Gasteiger charge is 2.22. The topological polar surface area (TPSA) is 70.2 Å². The largest absolute Gasteiger partial charge is 0.367 e. The number of halogens is 1. The Bertz CT molecular complexity index is 862. The number of nitrogens with one attached hydrogen (secondary N) is 2. The summed E-state index contributed by atoms with van der Waals surface area (Å²) in [5.41, 5.74) is 0.997. The van der Waals surface area contributed by atoms with Crippen molar-refractivity contribution >= 4 is 17.5 Å². The Kier molecular flexibility index (Phi) is 6.67. The van der Waals surface area contributed by atoms with Crippen LogP contribution >= 0.6 is 0 Å². The Hall–Kier alpha value is -2.70. The number of rotatable bonds is 6. The van der Waals surface area contributed by atoms with Gasteiger partial charge in [0.15, 0.2) is 0 Å². The van der Waals surface area contributed by atoms with Crippen LogP contribution in [0.25, 0.3) is 0 Å². The lowest BCUT2D eigenvalue weighted by Gasteiger charge is -2.29. The molecule has 1 aliphatic carbocycles. The minimum absolute atomic E-state index is 0.138. The molecule has 1 heterocycles. The van der Waals surface area contributed by atoms with Crippen LogP contribution in [-0.4, -0.2) is 42.6 Å². The fourth-order valence-corrected chi connectivity index (χ4v) is 3.70. The van der Waals surface area contributed by atoms with Crippen LogP contribution in [-0.2, 0) is 0 Å². The van der Waals surface area contributed by atoms with E-state index in [1.807, 2.05) is 32.0 Å².